The normalized spacial score (nSPS) is 10.8. The molecule has 1 aliphatic rings. The Hall–Kier alpha value is -5.75. The van der Waals surface area contributed by atoms with Crippen LogP contribution >= 0.6 is 11.3 Å². The molecule has 0 amide bonds. The van der Waals surface area contributed by atoms with E-state index in [1.807, 2.05) is 36.4 Å². The molecule has 0 radical (unpaired) electrons. The second kappa shape index (κ2) is 8.55. The zero-order chi connectivity index (χ0) is 25.4. The molecule has 0 fully saturated rings. The van der Waals surface area contributed by atoms with Crippen LogP contribution in [-0.2, 0) is 0 Å². The summed E-state index contributed by atoms with van der Waals surface area (Å²) in [7, 11) is 0. The van der Waals surface area contributed by atoms with Crippen LogP contribution in [0.3, 0.4) is 0 Å². The van der Waals surface area contributed by atoms with Crippen LogP contribution in [0.5, 0.6) is 5.75 Å². The topological polar surface area (TPSA) is 184 Å². The maximum absolute atomic E-state index is 12.1. The number of ketones is 1. The molecular weight excluding hydrogens is 476 g/mol. The average Bonchev–Trinajstić information content (AvgIpc) is 3.41. The molecule has 0 saturated carbocycles. The molecule has 6 rings (SSSR count). The Bertz CT molecular complexity index is 1930. The number of benzene rings is 2. The number of phenolic OH excluding ortho intramolecular Hbond substituents is 1. The Morgan fingerprint density at radius 3 is 2.03 bits per heavy atom. The van der Waals surface area contributed by atoms with Gasteiger partial charge in [0.15, 0.2) is 22.8 Å². The summed E-state index contributed by atoms with van der Waals surface area (Å²) in [6.45, 7) is 0. The van der Waals surface area contributed by atoms with Crippen molar-refractivity contribution in [2.24, 2.45) is 0 Å². The molecule has 0 atom stereocenters. The number of fused-ring (bicyclic) bond motifs is 6. The van der Waals surface area contributed by atoms with Gasteiger partial charge in [0.2, 0.25) is 5.78 Å². The van der Waals surface area contributed by atoms with Crippen molar-refractivity contribution < 1.29 is 9.90 Å². The lowest BCUT2D eigenvalue weighted by atomic mass is 10.1. The molecule has 1 aliphatic carbocycles. The summed E-state index contributed by atoms with van der Waals surface area (Å²) in [6, 6.07) is 19.4. The van der Waals surface area contributed by atoms with Gasteiger partial charge in [-0.2, -0.15) is 21.0 Å². The molecule has 0 spiro atoms. The van der Waals surface area contributed by atoms with Crippen LogP contribution in [0.2, 0.25) is 0 Å². The van der Waals surface area contributed by atoms with Gasteiger partial charge in [-0.3, -0.25) is 4.79 Å². The molecule has 2 aromatic carbocycles. The van der Waals surface area contributed by atoms with E-state index in [9.17, 15) is 9.90 Å². The number of phenols is 1. The highest BCUT2D eigenvalue weighted by atomic mass is 32.1. The minimum atomic E-state index is -0.408. The van der Waals surface area contributed by atoms with Crippen LogP contribution < -0.4 is 0 Å². The number of hydrogen-bond acceptors (Lipinski definition) is 11. The molecular formula is C25H8N8O2S. The van der Waals surface area contributed by atoms with Gasteiger partial charge in [-0.05, 0) is 24.3 Å². The largest absolute Gasteiger partial charge is 0.508 e. The fourth-order valence-corrected chi connectivity index (χ4v) is 4.69. The van der Waals surface area contributed by atoms with Crippen molar-refractivity contribution >= 4 is 37.6 Å². The third-order valence-electron chi connectivity index (χ3n) is 5.25. The maximum atomic E-state index is 12.1. The van der Waals surface area contributed by atoms with Gasteiger partial charge in [0, 0.05) is 21.2 Å². The number of carbonyl (C=O) groups excluding carboxylic acids is 1. The molecule has 5 aromatic rings. The van der Waals surface area contributed by atoms with E-state index in [1.54, 1.807) is 12.1 Å². The molecule has 10 nitrogen and oxygen atoms in total. The fourth-order valence-electron chi connectivity index (χ4n) is 3.67. The molecule has 3 heterocycles. The molecule has 0 bridgehead atoms. The van der Waals surface area contributed by atoms with Crippen LogP contribution in [0, 0.1) is 45.3 Å². The molecule has 1 N–H and O–H groups in total. The highest BCUT2D eigenvalue weighted by molar-refractivity contribution is 7.25. The Morgan fingerprint density at radius 1 is 0.722 bits per heavy atom. The zero-order valence-corrected chi connectivity index (χ0v) is 18.7. The van der Waals surface area contributed by atoms with E-state index in [0.717, 1.165) is 10.1 Å². The highest BCUT2D eigenvalue weighted by Crippen LogP contribution is 2.36. The van der Waals surface area contributed by atoms with E-state index in [0.29, 0.717) is 15.9 Å². The predicted molar refractivity (Wildman–Crippen MR) is 126 cm³/mol. The number of hydrogen-bond donors (Lipinski definition) is 1. The number of carbonyl (C=O) groups is 1. The van der Waals surface area contributed by atoms with Gasteiger partial charge in [-0.15, -0.1) is 11.3 Å². The summed E-state index contributed by atoms with van der Waals surface area (Å²) in [6.07, 6.45) is 0. The van der Waals surface area contributed by atoms with Crippen molar-refractivity contribution in [3.8, 4) is 41.3 Å². The number of thiophene rings is 1. The molecule has 0 saturated heterocycles. The SMILES string of the molecule is N#Cc1nc2c(nc1C#N)-c1ccc(O)cc1C2=O.N#Cc1nc2sc3ccccc3c2nc1C#N. The van der Waals surface area contributed by atoms with Gasteiger partial charge >= 0.3 is 0 Å². The minimum absolute atomic E-state index is 0.0381. The summed E-state index contributed by atoms with van der Waals surface area (Å²) in [5.74, 6) is -0.449. The van der Waals surface area contributed by atoms with E-state index in [-0.39, 0.29) is 45.5 Å². The first-order valence-corrected chi connectivity index (χ1v) is 10.9. The third kappa shape index (κ3) is 3.43. The Kier molecular flexibility index (Phi) is 5.24. The first-order valence-electron chi connectivity index (χ1n) is 10.1. The van der Waals surface area contributed by atoms with Crippen molar-refractivity contribution in [1.29, 1.82) is 21.0 Å². The molecule has 11 heteroatoms. The van der Waals surface area contributed by atoms with Crippen molar-refractivity contribution in [3.05, 3.63) is 76.5 Å². The summed E-state index contributed by atoms with van der Waals surface area (Å²) >= 11 is 1.48. The summed E-state index contributed by atoms with van der Waals surface area (Å²) in [5.41, 5.74) is 1.67. The monoisotopic (exact) mass is 484 g/mol. The van der Waals surface area contributed by atoms with E-state index in [1.165, 1.54) is 29.5 Å². The predicted octanol–water partition coefficient (Wildman–Crippen LogP) is 3.72. The lowest BCUT2D eigenvalue weighted by Crippen LogP contribution is -2.04. The second-order valence-corrected chi connectivity index (χ2v) is 8.33. The summed E-state index contributed by atoms with van der Waals surface area (Å²) in [4.78, 5) is 29.1. The number of aromatic nitrogens is 4. The van der Waals surface area contributed by atoms with E-state index in [4.69, 9.17) is 21.0 Å². The minimum Gasteiger partial charge on any atom is -0.508 e. The van der Waals surface area contributed by atoms with Gasteiger partial charge in [-0.25, -0.2) is 19.9 Å². The average molecular weight is 484 g/mol. The third-order valence-corrected chi connectivity index (χ3v) is 6.30. The van der Waals surface area contributed by atoms with E-state index in [2.05, 4.69) is 19.9 Å². The Morgan fingerprint density at radius 2 is 1.33 bits per heavy atom. The first-order chi connectivity index (χ1) is 17.5. The van der Waals surface area contributed by atoms with Crippen LogP contribution in [-0.4, -0.2) is 30.8 Å². The van der Waals surface area contributed by atoms with Gasteiger partial charge in [0.05, 0.1) is 0 Å². The molecule has 0 unspecified atom stereocenters. The van der Waals surface area contributed by atoms with Gasteiger partial charge in [0.1, 0.15) is 51.8 Å². The van der Waals surface area contributed by atoms with Crippen LogP contribution in [0.1, 0.15) is 38.8 Å². The van der Waals surface area contributed by atoms with Gasteiger partial charge in [0.25, 0.3) is 0 Å². The Balaban J connectivity index is 0.000000149. The fraction of sp³-hybridized carbons (Fsp3) is 0. The van der Waals surface area contributed by atoms with Crippen LogP contribution in [0.15, 0.2) is 42.5 Å². The van der Waals surface area contributed by atoms with Gasteiger partial charge in [-0.1, -0.05) is 18.2 Å². The van der Waals surface area contributed by atoms with Crippen molar-refractivity contribution in [3.63, 3.8) is 0 Å². The van der Waals surface area contributed by atoms with Crippen molar-refractivity contribution in [2.75, 3.05) is 0 Å². The molecule has 36 heavy (non-hydrogen) atoms. The second-order valence-electron chi connectivity index (χ2n) is 7.30. The molecule has 0 aliphatic heterocycles. The van der Waals surface area contributed by atoms with Crippen molar-refractivity contribution in [2.45, 2.75) is 0 Å². The maximum Gasteiger partial charge on any atom is 0.214 e. The first kappa shape index (κ1) is 22.1. The number of rotatable bonds is 0. The zero-order valence-electron chi connectivity index (χ0n) is 17.9. The highest BCUT2D eigenvalue weighted by Gasteiger charge is 2.31. The Labute approximate surface area is 206 Å². The molecule has 166 valence electrons. The van der Waals surface area contributed by atoms with E-state index < -0.39 is 5.78 Å². The number of aromatic hydroxyl groups is 1. The lowest BCUT2D eigenvalue weighted by molar-refractivity contribution is 0.103. The number of nitriles is 4. The van der Waals surface area contributed by atoms with Crippen LogP contribution in [0.25, 0.3) is 31.7 Å². The smallest absolute Gasteiger partial charge is 0.214 e. The van der Waals surface area contributed by atoms with Crippen LogP contribution in [0.4, 0.5) is 0 Å². The molecule has 3 aromatic heterocycles. The summed E-state index contributed by atoms with van der Waals surface area (Å²) < 4.78 is 1.06. The quantitative estimate of drug-likeness (QED) is 0.333. The van der Waals surface area contributed by atoms with E-state index >= 15 is 0 Å². The number of nitrogens with zero attached hydrogens (tertiary/aromatic N) is 8. The van der Waals surface area contributed by atoms with Crippen molar-refractivity contribution in [1.82, 2.24) is 19.9 Å². The lowest BCUT2D eigenvalue weighted by Gasteiger charge is -1.99. The van der Waals surface area contributed by atoms with Gasteiger partial charge < -0.3 is 5.11 Å². The standard InChI is InChI=1S/C13H4N4O2.C12H4N4S/c14-4-9-10(5-15)17-12-11(16-9)7-2-1-6(18)3-8(7)13(12)19;13-5-8-9(6-14)16-12-11(15-8)7-3-1-2-4-10(7)17-12/h1-3,18H;1-4H. The summed E-state index contributed by atoms with van der Waals surface area (Å²) in [5, 5.41) is 46.0.